The molecule has 1 aliphatic carbocycles. The first kappa shape index (κ1) is 25.4. The summed E-state index contributed by atoms with van der Waals surface area (Å²) in [5.74, 6) is 0.884. The Kier molecular flexibility index (Phi) is 7.67. The highest BCUT2D eigenvalue weighted by molar-refractivity contribution is 6.04. The van der Waals surface area contributed by atoms with Crippen molar-refractivity contribution in [1.82, 2.24) is 5.32 Å². The van der Waals surface area contributed by atoms with Crippen molar-refractivity contribution in [3.63, 3.8) is 0 Å². The molecule has 1 heterocycles. The van der Waals surface area contributed by atoms with E-state index in [2.05, 4.69) is 5.32 Å². The van der Waals surface area contributed by atoms with E-state index in [4.69, 9.17) is 18.9 Å². The maximum Gasteiger partial charge on any atom is 0.336 e. The van der Waals surface area contributed by atoms with Gasteiger partial charge in [0.1, 0.15) is 5.75 Å². The van der Waals surface area contributed by atoms with Gasteiger partial charge in [-0.25, -0.2) is 4.79 Å². The van der Waals surface area contributed by atoms with Crippen molar-refractivity contribution in [1.29, 1.82) is 0 Å². The summed E-state index contributed by atoms with van der Waals surface area (Å²) in [7, 11) is 3.20. The molecule has 1 aliphatic heterocycles. The molecule has 0 saturated heterocycles. The number of methoxy groups -OCH3 is 2. The minimum Gasteiger partial charge on any atom is -0.494 e. The van der Waals surface area contributed by atoms with Gasteiger partial charge >= 0.3 is 5.97 Å². The molecule has 0 fully saturated rings. The normalized spacial score (nSPS) is 19.4. The minimum atomic E-state index is -0.568. The van der Waals surface area contributed by atoms with Crippen molar-refractivity contribution >= 4 is 11.8 Å². The monoisotopic (exact) mass is 491 g/mol. The van der Waals surface area contributed by atoms with Crippen molar-refractivity contribution in [3.05, 3.63) is 76.1 Å². The minimum absolute atomic E-state index is 0.00543. The Labute approximate surface area is 212 Å². The summed E-state index contributed by atoms with van der Waals surface area (Å²) in [5.41, 5.74) is 4.34. The number of benzene rings is 2. The zero-order chi connectivity index (χ0) is 25.8. The molecule has 2 aromatic rings. The molecule has 4 rings (SSSR count). The van der Waals surface area contributed by atoms with Crippen molar-refractivity contribution in [3.8, 4) is 17.2 Å². The summed E-state index contributed by atoms with van der Waals surface area (Å²) in [5, 5.41) is 3.38. The molecule has 0 amide bonds. The average Bonchev–Trinajstić information content (AvgIpc) is 2.88. The zero-order valence-electron chi connectivity index (χ0n) is 21.5. The molecule has 0 aromatic heterocycles. The zero-order valence-corrected chi connectivity index (χ0v) is 21.5. The van der Waals surface area contributed by atoms with Gasteiger partial charge in [-0.2, -0.15) is 0 Å². The van der Waals surface area contributed by atoms with Crippen LogP contribution in [0.25, 0.3) is 0 Å². The highest BCUT2D eigenvalue weighted by Gasteiger charge is 2.42. The number of ether oxygens (including phenoxy) is 4. The smallest absolute Gasteiger partial charge is 0.336 e. The van der Waals surface area contributed by atoms with E-state index in [1.54, 1.807) is 21.1 Å². The average molecular weight is 492 g/mol. The van der Waals surface area contributed by atoms with Gasteiger partial charge < -0.3 is 24.3 Å². The molecule has 1 N–H and O–H groups in total. The van der Waals surface area contributed by atoms with Crippen LogP contribution in [0.5, 0.6) is 17.2 Å². The van der Waals surface area contributed by atoms with E-state index in [0.29, 0.717) is 53.5 Å². The molecule has 36 heavy (non-hydrogen) atoms. The number of hydrogen-bond acceptors (Lipinski definition) is 7. The van der Waals surface area contributed by atoms with Gasteiger partial charge in [-0.1, -0.05) is 24.3 Å². The fourth-order valence-corrected chi connectivity index (χ4v) is 5.18. The van der Waals surface area contributed by atoms with E-state index in [-0.39, 0.29) is 18.3 Å². The highest BCUT2D eigenvalue weighted by Crippen LogP contribution is 2.48. The van der Waals surface area contributed by atoms with E-state index in [1.807, 2.05) is 56.3 Å². The lowest BCUT2D eigenvalue weighted by molar-refractivity contribution is -0.138. The third-order valence-corrected chi connectivity index (χ3v) is 6.73. The SMILES string of the molecule is CCOC(=O)C1=C(C)NC2=C(C(=O)C[C@@H](c3ccc(OC)c(OC)c3)C2)[C@@H]1c1ccccc1OCC. The lowest BCUT2D eigenvalue weighted by Gasteiger charge is -2.37. The number of dihydropyridines is 1. The van der Waals surface area contributed by atoms with Crippen LogP contribution in [0, 0.1) is 0 Å². The van der Waals surface area contributed by atoms with Crippen LogP contribution >= 0.6 is 0 Å². The molecule has 7 nitrogen and oxygen atoms in total. The Balaban J connectivity index is 1.81. The van der Waals surface area contributed by atoms with Gasteiger partial charge in [-0.15, -0.1) is 0 Å². The second kappa shape index (κ2) is 10.9. The first-order valence-corrected chi connectivity index (χ1v) is 12.3. The number of carbonyl (C=O) groups excluding carboxylic acids is 2. The molecule has 0 radical (unpaired) electrons. The predicted molar refractivity (Wildman–Crippen MR) is 136 cm³/mol. The van der Waals surface area contributed by atoms with Gasteiger partial charge in [0, 0.05) is 29.0 Å². The van der Waals surface area contributed by atoms with Gasteiger partial charge in [-0.3, -0.25) is 4.79 Å². The number of Topliss-reactive ketones (excluding diaryl/α,β-unsaturated/α-hetero) is 1. The van der Waals surface area contributed by atoms with E-state index in [1.165, 1.54) is 0 Å². The number of allylic oxidation sites excluding steroid dienone is 3. The first-order chi connectivity index (χ1) is 17.4. The van der Waals surface area contributed by atoms with E-state index in [9.17, 15) is 9.59 Å². The number of esters is 1. The Morgan fingerprint density at radius 2 is 1.72 bits per heavy atom. The van der Waals surface area contributed by atoms with Crippen molar-refractivity contribution in [2.75, 3.05) is 27.4 Å². The van der Waals surface area contributed by atoms with Crippen LogP contribution in [-0.2, 0) is 14.3 Å². The summed E-state index contributed by atoms with van der Waals surface area (Å²) in [4.78, 5) is 26.9. The van der Waals surface area contributed by atoms with Crippen LogP contribution in [0.2, 0.25) is 0 Å². The standard InChI is InChI=1S/C29H33NO6/c1-6-35-23-11-9-8-10-20(23)27-26(29(32)36-7-2)17(3)30-21-14-19(15-22(31)28(21)27)18-12-13-24(33-4)25(16-18)34-5/h8-13,16,19,27,30H,6-7,14-15H2,1-5H3/t19-,27+/m0/s1. The van der Waals surface area contributed by atoms with Crippen molar-refractivity contribution in [2.45, 2.75) is 45.4 Å². The molecule has 2 aromatic carbocycles. The Morgan fingerprint density at radius 1 is 0.972 bits per heavy atom. The Hall–Kier alpha value is -3.74. The molecule has 190 valence electrons. The maximum atomic E-state index is 13.8. The summed E-state index contributed by atoms with van der Waals surface area (Å²) in [6.07, 6.45) is 0.940. The summed E-state index contributed by atoms with van der Waals surface area (Å²) in [6.45, 7) is 6.27. The van der Waals surface area contributed by atoms with Gasteiger partial charge in [0.25, 0.3) is 0 Å². The van der Waals surface area contributed by atoms with Crippen LogP contribution in [0.3, 0.4) is 0 Å². The second-order valence-electron chi connectivity index (χ2n) is 8.82. The first-order valence-electron chi connectivity index (χ1n) is 12.3. The number of carbonyl (C=O) groups is 2. The number of nitrogens with one attached hydrogen (secondary N) is 1. The molecule has 0 bridgehead atoms. The number of rotatable bonds is 8. The van der Waals surface area contributed by atoms with Crippen LogP contribution in [0.15, 0.2) is 65.0 Å². The fraction of sp³-hybridized carbons (Fsp3) is 0.379. The molecule has 0 unspecified atom stereocenters. The number of para-hydroxylation sites is 1. The molecular formula is C29H33NO6. The van der Waals surface area contributed by atoms with Crippen molar-refractivity contribution in [2.24, 2.45) is 0 Å². The molecule has 0 saturated carbocycles. The van der Waals surface area contributed by atoms with E-state index >= 15 is 0 Å². The molecule has 0 spiro atoms. The van der Waals surface area contributed by atoms with Gasteiger partial charge in [0.15, 0.2) is 17.3 Å². The van der Waals surface area contributed by atoms with Crippen LogP contribution in [-0.4, -0.2) is 39.2 Å². The van der Waals surface area contributed by atoms with Crippen LogP contribution in [0.1, 0.15) is 56.6 Å². The molecule has 2 atom stereocenters. The van der Waals surface area contributed by atoms with Gasteiger partial charge in [0.2, 0.25) is 0 Å². The second-order valence-corrected chi connectivity index (χ2v) is 8.82. The third-order valence-electron chi connectivity index (χ3n) is 6.73. The largest absolute Gasteiger partial charge is 0.494 e. The lowest BCUT2D eigenvalue weighted by atomic mass is 9.71. The quantitative estimate of drug-likeness (QED) is 0.519. The highest BCUT2D eigenvalue weighted by atomic mass is 16.5. The fourth-order valence-electron chi connectivity index (χ4n) is 5.18. The Bertz CT molecular complexity index is 1230. The third kappa shape index (κ3) is 4.70. The Morgan fingerprint density at radius 3 is 2.42 bits per heavy atom. The molecular weight excluding hydrogens is 458 g/mol. The topological polar surface area (TPSA) is 83.1 Å². The van der Waals surface area contributed by atoms with E-state index in [0.717, 1.165) is 16.8 Å². The summed E-state index contributed by atoms with van der Waals surface area (Å²) in [6, 6.07) is 13.4. The van der Waals surface area contributed by atoms with Gasteiger partial charge in [0.05, 0.1) is 38.9 Å². The van der Waals surface area contributed by atoms with Gasteiger partial charge in [-0.05, 0) is 56.9 Å². The van der Waals surface area contributed by atoms with Crippen LogP contribution in [0.4, 0.5) is 0 Å². The van der Waals surface area contributed by atoms with Crippen LogP contribution < -0.4 is 19.5 Å². The molecule has 2 aliphatic rings. The maximum absolute atomic E-state index is 13.8. The lowest BCUT2D eigenvalue weighted by Crippen LogP contribution is -2.36. The van der Waals surface area contributed by atoms with E-state index < -0.39 is 11.9 Å². The van der Waals surface area contributed by atoms with Crippen molar-refractivity contribution < 1.29 is 28.5 Å². The summed E-state index contributed by atoms with van der Waals surface area (Å²) >= 11 is 0. The number of ketones is 1. The predicted octanol–water partition coefficient (Wildman–Crippen LogP) is 5.03. The molecule has 7 heteroatoms. The number of hydrogen-bond donors (Lipinski definition) is 1. The summed E-state index contributed by atoms with van der Waals surface area (Å²) < 4.78 is 22.2.